The first-order chi connectivity index (χ1) is 13.6. The first-order valence-corrected chi connectivity index (χ1v) is 10.2. The summed E-state index contributed by atoms with van der Waals surface area (Å²) < 4.78 is 18.4. The van der Waals surface area contributed by atoms with E-state index < -0.39 is 5.72 Å². The van der Waals surface area contributed by atoms with Gasteiger partial charge in [0, 0.05) is 17.4 Å². The molecule has 0 aliphatic carbocycles. The van der Waals surface area contributed by atoms with Crippen LogP contribution in [0.15, 0.2) is 42.5 Å². The average Bonchev–Trinajstić information content (AvgIpc) is 3.07. The van der Waals surface area contributed by atoms with Gasteiger partial charge in [0.05, 0.1) is 27.9 Å². The molecule has 1 unspecified atom stereocenters. The fraction of sp³-hybridized carbons (Fsp3) is 0.381. The topological polar surface area (TPSA) is 54.2 Å². The molecule has 0 fully saturated rings. The van der Waals surface area contributed by atoms with E-state index in [2.05, 4.69) is 9.48 Å². The van der Waals surface area contributed by atoms with Crippen LogP contribution in [0.3, 0.4) is 0 Å². The minimum absolute atomic E-state index is 0.408. The molecule has 0 saturated carbocycles. The van der Waals surface area contributed by atoms with Crippen molar-refractivity contribution in [1.82, 2.24) is 0 Å². The molecule has 2 aromatic carbocycles. The van der Waals surface area contributed by atoms with Crippen molar-refractivity contribution in [3.05, 3.63) is 48.0 Å². The van der Waals surface area contributed by atoms with Gasteiger partial charge in [0.25, 0.3) is 5.72 Å². The number of anilines is 1. The third-order valence-corrected chi connectivity index (χ3v) is 6.47. The second-order valence-corrected chi connectivity index (χ2v) is 7.87. The summed E-state index contributed by atoms with van der Waals surface area (Å²) in [5.74, 6) is 3.30. The molecule has 2 aliphatic heterocycles. The van der Waals surface area contributed by atoms with E-state index in [-0.39, 0.29) is 0 Å². The van der Waals surface area contributed by atoms with Gasteiger partial charge in [-0.3, -0.25) is 0 Å². The first kappa shape index (κ1) is 19.0. The van der Waals surface area contributed by atoms with E-state index in [0.717, 1.165) is 52.4 Å². The van der Waals surface area contributed by atoms with E-state index in [1.807, 2.05) is 42.5 Å². The van der Waals surface area contributed by atoms with Crippen LogP contribution in [-0.4, -0.2) is 55.0 Å². The summed E-state index contributed by atoms with van der Waals surface area (Å²) in [4.78, 5) is 2.13. The lowest BCUT2D eigenvalue weighted by Crippen LogP contribution is -2.41. The summed E-state index contributed by atoms with van der Waals surface area (Å²) in [5.41, 5.74) is 0.613. The highest BCUT2D eigenvalue weighted by molar-refractivity contribution is 8.13. The van der Waals surface area contributed by atoms with Crippen molar-refractivity contribution < 1.29 is 23.9 Å². The number of benzene rings is 2. The van der Waals surface area contributed by atoms with Gasteiger partial charge in [0.2, 0.25) is 0 Å². The molecule has 2 heterocycles. The minimum Gasteiger partial charge on any atom is -0.497 e. The van der Waals surface area contributed by atoms with Crippen molar-refractivity contribution in [2.45, 2.75) is 12.1 Å². The minimum atomic E-state index is -1.12. The molecule has 0 saturated heterocycles. The largest absolute Gasteiger partial charge is 0.497 e. The Morgan fingerprint density at radius 2 is 1.71 bits per heavy atom. The molecule has 0 spiro atoms. The monoisotopic (exact) mass is 401 g/mol. The Kier molecular flexibility index (Phi) is 5.12. The standard InChI is InChI=1S/C21H25N2O4S/c1-25-16-7-5-15(6-8-16)21(24)14-22(20-23(21)11-4-12-28-20)18-13-17(26-2)9-10-19(18)27-3/h5-10,13,24H,4,11-12,14H2,1-3H3/q+1. The summed E-state index contributed by atoms with van der Waals surface area (Å²) in [6, 6.07) is 13.4. The number of β-amino-alcohol motifs (C(OH)–C–C–N with tert-alkyl or cyclic N) is 1. The lowest BCUT2D eigenvalue weighted by molar-refractivity contribution is -0.656. The van der Waals surface area contributed by atoms with E-state index in [1.165, 1.54) is 0 Å². The number of nitrogens with zero attached hydrogens (tertiary/aromatic N) is 2. The zero-order chi connectivity index (χ0) is 19.7. The summed E-state index contributed by atoms with van der Waals surface area (Å²) >= 11 is 1.76. The molecular weight excluding hydrogens is 376 g/mol. The lowest BCUT2D eigenvalue weighted by Gasteiger charge is -2.24. The van der Waals surface area contributed by atoms with Gasteiger partial charge in [-0.2, -0.15) is 0 Å². The van der Waals surface area contributed by atoms with Gasteiger partial charge in [0.15, 0.2) is 18.0 Å². The molecule has 0 amide bonds. The summed E-state index contributed by atoms with van der Waals surface area (Å²) in [5, 5.41) is 12.8. The third kappa shape index (κ3) is 3.08. The van der Waals surface area contributed by atoms with Crippen LogP contribution in [0.1, 0.15) is 12.0 Å². The van der Waals surface area contributed by atoms with Crippen LogP contribution in [0, 0.1) is 0 Å². The second kappa shape index (κ2) is 7.56. The molecule has 4 rings (SSSR count). The predicted octanol–water partition coefficient (Wildman–Crippen LogP) is 2.88. The molecule has 28 heavy (non-hydrogen) atoms. The van der Waals surface area contributed by atoms with Gasteiger partial charge in [-0.15, -0.1) is 0 Å². The second-order valence-electron chi connectivity index (χ2n) is 6.81. The predicted molar refractivity (Wildman–Crippen MR) is 111 cm³/mol. The van der Waals surface area contributed by atoms with Gasteiger partial charge in [-0.05, 0) is 54.6 Å². The number of amidine groups is 1. The smallest absolute Gasteiger partial charge is 0.316 e. The number of aliphatic hydroxyl groups is 1. The van der Waals surface area contributed by atoms with E-state index >= 15 is 0 Å². The van der Waals surface area contributed by atoms with Crippen molar-refractivity contribution in [1.29, 1.82) is 0 Å². The molecule has 2 aromatic rings. The Morgan fingerprint density at radius 1 is 1.00 bits per heavy atom. The highest BCUT2D eigenvalue weighted by Gasteiger charge is 2.53. The van der Waals surface area contributed by atoms with Crippen LogP contribution in [0.2, 0.25) is 0 Å². The van der Waals surface area contributed by atoms with E-state index in [0.29, 0.717) is 6.54 Å². The highest BCUT2D eigenvalue weighted by atomic mass is 32.2. The molecule has 148 valence electrons. The van der Waals surface area contributed by atoms with Crippen LogP contribution in [0.25, 0.3) is 0 Å². The molecule has 0 radical (unpaired) electrons. The quantitative estimate of drug-likeness (QED) is 0.778. The lowest BCUT2D eigenvalue weighted by atomic mass is 10.0. The molecular formula is C21H25N2O4S+. The highest BCUT2D eigenvalue weighted by Crippen LogP contribution is 2.42. The number of thioether (sulfide) groups is 1. The number of methoxy groups -OCH3 is 3. The fourth-order valence-corrected chi connectivity index (χ4v) is 4.97. The first-order valence-electron chi connectivity index (χ1n) is 9.24. The molecule has 1 atom stereocenters. The Hall–Kier alpha value is -2.38. The van der Waals surface area contributed by atoms with Crippen molar-refractivity contribution in [2.75, 3.05) is 45.1 Å². The van der Waals surface area contributed by atoms with E-state index in [1.54, 1.807) is 33.1 Å². The van der Waals surface area contributed by atoms with Crippen molar-refractivity contribution in [2.24, 2.45) is 0 Å². The maximum Gasteiger partial charge on any atom is 0.316 e. The third-order valence-electron chi connectivity index (χ3n) is 5.27. The fourth-order valence-electron chi connectivity index (χ4n) is 3.80. The van der Waals surface area contributed by atoms with E-state index in [9.17, 15) is 5.11 Å². The summed E-state index contributed by atoms with van der Waals surface area (Å²) in [6.07, 6.45) is 1.02. The maximum atomic E-state index is 11.8. The van der Waals surface area contributed by atoms with Gasteiger partial charge >= 0.3 is 5.17 Å². The van der Waals surface area contributed by atoms with Gasteiger partial charge in [0.1, 0.15) is 11.5 Å². The SMILES string of the molecule is COc1ccc(C2(O)CN(c3cc(OC)ccc3OC)C3=[N+]2CCCS3)cc1. The van der Waals surface area contributed by atoms with E-state index in [4.69, 9.17) is 14.2 Å². The van der Waals surface area contributed by atoms with Crippen LogP contribution in [0.4, 0.5) is 5.69 Å². The number of hydrogen-bond acceptors (Lipinski definition) is 6. The maximum absolute atomic E-state index is 11.8. The van der Waals surface area contributed by atoms with Crippen molar-refractivity contribution in [3.63, 3.8) is 0 Å². The Labute approximate surface area is 169 Å². The van der Waals surface area contributed by atoms with Crippen LogP contribution < -0.4 is 19.1 Å². The van der Waals surface area contributed by atoms with Crippen LogP contribution in [0.5, 0.6) is 17.2 Å². The molecule has 1 N–H and O–H groups in total. The normalized spacial score (nSPS) is 21.5. The molecule has 7 heteroatoms. The van der Waals surface area contributed by atoms with Crippen LogP contribution >= 0.6 is 11.8 Å². The number of hydrogen-bond donors (Lipinski definition) is 1. The molecule has 2 aliphatic rings. The average molecular weight is 402 g/mol. The van der Waals surface area contributed by atoms with Gasteiger partial charge < -0.3 is 19.3 Å². The summed E-state index contributed by atoms with van der Waals surface area (Å²) in [7, 11) is 4.95. The number of rotatable bonds is 5. The van der Waals surface area contributed by atoms with Crippen LogP contribution in [-0.2, 0) is 5.72 Å². The summed E-state index contributed by atoms with van der Waals surface area (Å²) in [6.45, 7) is 1.21. The van der Waals surface area contributed by atoms with Gasteiger partial charge in [-0.25, -0.2) is 9.48 Å². The zero-order valence-corrected chi connectivity index (χ0v) is 17.2. The van der Waals surface area contributed by atoms with Crippen molar-refractivity contribution in [3.8, 4) is 17.2 Å². The Morgan fingerprint density at radius 3 is 2.39 bits per heavy atom. The Balaban J connectivity index is 1.80. The Bertz CT molecular complexity index is 900. The molecule has 6 nitrogen and oxygen atoms in total. The molecule has 0 bridgehead atoms. The number of ether oxygens (including phenoxy) is 3. The van der Waals surface area contributed by atoms with Crippen molar-refractivity contribution >= 4 is 22.6 Å². The molecule has 0 aromatic heterocycles. The zero-order valence-electron chi connectivity index (χ0n) is 16.3. The van der Waals surface area contributed by atoms with Gasteiger partial charge in [-0.1, -0.05) is 0 Å².